The molecular formula is C25H27N5O11S3. The molecule has 0 spiro atoms. The smallest absolute Gasteiger partial charge is 0.358 e. The van der Waals surface area contributed by atoms with Crippen molar-refractivity contribution in [1.82, 2.24) is 15.2 Å². The van der Waals surface area contributed by atoms with Crippen LogP contribution in [0.2, 0.25) is 0 Å². The first-order valence-corrected chi connectivity index (χ1v) is 15.0. The Morgan fingerprint density at radius 2 is 1.89 bits per heavy atom. The van der Waals surface area contributed by atoms with E-state index in [0.717, 1.165) is 11.3 Å². The third kappa shape index (κ3) is 9.48. The van der Waals surface area contributed by atoms with Crippen LogP contribution in [0.1, 0.15) is 26.5 Å². The molecule has 1 saturated heterocycles. The standard InChI is InChI=1S/C21H23N5O7S3.C4H4O4/c1-5-6-34-11-8-35-17-13(24-15(27)12(25-31)10-7-36-20(22)23-10)16(28)26(17)14(11)18(29)32-9-33-19(30)21(2,3)4;5-3(6)1-2-4(7)8/h1,7,13,17,31H,6,8-9H2,2-4H3,(H2,22,23)(H,24,27);1-2H,(H,5,6)(H,7,8)/b25-12-;2-1-/t13-,17-;/m1./s1. The average molecular weight is 670 g/mol. The first kappa shape index (κ1) is 35.7. The van der Waals surface area contributed by atoms with E-state index in [4.69, 9.17) is 31.8 Å². The molecule has 0 aromatic carbocycles. The van der Waals surface area contributed by atoms with Gasteiger partial charge < -0.3 is 35.9 Å². The second-order valence-corrected chi connectivity index (χ2v) is 12.5. The monoisotopic (exact) mass is 669 g/mol. The SMILES string of the molecule is C#CCSC1=C(C(=O)OCOC(=O)C(C)(C)C)N2C(=O)[C@@H](NC(=O)/C(=N\O)c3csc(N)n3)[C@H]2SC1.O=C(O)/C=C\C(=O)O. The number of oxime groups is 1. The van der Waals surface area contributed by atoms with Crippen LogP contribution in [0, 0.1) is 17.8 Å². The van der Waals surface area contributed by atoms with Gasteiger partial charge in [-0.2, -0.15) is 0 Å². The Bertz CT molecular complexity index is 1440. The fraction of sp³-hybridized carbons (Fsp3) is 0.360. The number of hydrogen-bond acceptors (Lipinski definition) is 15. The lowest BCUT2D eigenvalue weighted by molar-refractivity contribution is -0.173. The summed E-state index contributed by atoms with van der Waals surface area (Å²) in [6.45, 7) is 4.33. The number of nitrogens with zero attached hydrogens (tertiary/aromatic N) is 3. The highest BCUT2D eigenvalue weighted by molar-refractivity contribution is 8.06. The number of nitrogen functional groups attached to an aromatic ring is 1. The number of thioether (sulfide) groups is 2. The molecule has 1 fully saturated rings. The van der Waals surface area contributed by atoms with E-state index in [1.54, 1.807) is 20.8 Å². The normalized spacial score (nSPS) is 17.8. The largest absolute Gasteiger partial charge is 0.478 e. The van der Waals surface area contributed by atoms with Gasteiger partial charge in [-0.3, -0.25) is 19.3 Å². The number of aliphatic carboxylic acids is 2. The topological polar surface area (TPSA) is 248 Å². The third-order valence-electron chi connectivity index (χ3n) is 5.18. The number of aromatic nitrogens is 1. The number of β-lactam (4-membered cyclic amide) rings is 1. The molecule has 2 amide bonds. The molecule has 19 heteroatoms. The minimum absolute atomic E-state index is 0.0235. The van der Waals surface area contributed by atoms with E-state index < -0.39 is 65.0 Å². The van der Waals surface area contributed by atoms with Gasteiger partial charge in [-0.1, -0.05) is 11.1 Å². The first-order chi connectivity index (χ1) is 20.6. The van der Waals surface area contributed by atoms with Gasteiger partial charge in [-0.25, -0.2) is 19.4 Å². The molecule has 0 bridgehead atoms. The number of fused-ring (bicyclic) bond motifs is 1. The van der Waals surface area contributed by atoms with E-state index in [1.807, 2.05) is 0 Å². The number of hydrogen-bond donors (Lipinski definition) is 5. The predicted molar refractivity (Wildman–Crippen MR) is 159 cm³/mol. The van der Waals surface area contributed by atoms with Crippen LogP contribution in [0.5, 0.6) is 0 Å². The second-order valence-electron chi connectivity index (χ2n) is 9.39. The Morgan fingerprint density at radius 1 is 1.25 bits per heavy atom. The van der Waals surface area contributed by atoms with Crippen LogP contribution in [0.25, 0.3) is 0 Å². The van der Waals surface area contributed by atoms with Gasteiger partial charge in [0.05, 0.1) is 11.2 Å². The van der Waals surface area contributed by atoms with Crippen LogP contribution < -0.4 is 11.1 Å². The predicted octanol–water partition coefficient (Wildman–Crippen LogP) is 0.683. The van der Waals surface area contributed by atoms with E-state index in [-0.39, 0.29) is 22.3 Å². The zero-order chi connectivity index (χ0) is 33.2. The quantitative estimate of drug-likeness (QED) is 0.0336. The molecule has 3 rings (SSSR count). The van der Waals surface area contributed by atoms with Crippen molar-refractivity contribution in [3.05, 3.63) is 33.8 Å². The minimum Gasteiger partial charge on any atom is -0.478 e. The van der Waals surface area contributed by atoms with E-state index in [9.17, 15) is 34.0 Å². The summed E-state index contributed by atoms with van der Waals surface area (Å²) in [6.07, 6.45) is 6.46. The summed E-state index contributed by atoms with van der Waals surface area (Å²) in [5, 5.41) is 31.4. The van der Waals surface area contributed by atoms with Crippen LogP contribution >= 0.6 is 34.9 Å². The lowest BCUT2D eigenvalue weighted by Crippen LogP contribution is -2.71. The maximum atomic E-state index is 13.0. The minimum atomic E-state index is -1.26. The first-order valence-electron chi connectivity index (χ1n) is 12.1. The number of anilines is 1. The molecule has 236 valence electrons. The van der Waals surface area contributed by atoms with Gasteiger partial charge >= 0.3 is 23.9 Å². The molecule has 3 heterocycles. The zero-order valence-corrected chi connectivity index (χ0v) is 25.8. The molecule has 6 N–H and O–H groups in total. The molecule has 0 unspecified atom stereocenters. The number of thiazole rings is 1. The molecule has 1 aromatic rings. The molecule has 0 radical (unpaired) electrons. The summed E-state index contributed by atoms with van der Waals surface area (Å²) in [5.41, 5.74) is 4.41. The second kappa shape index (κ2) is 15.8. The maximum Gasteiger partial charge on any atom is 0.358 e. The van der Waals surface area contributed by atoms with Crippen molar-refractivity contribution < 1.29 is 53.7 Å². The summed E-state index contributed by atoms with van der Waals surface area (Å²) in [4.78, 5) is 75.3. The molecular weight excluding hydrogens is 643 g/mol. The van der Waals surface area contributed by atoms with Crippen LogP contribution in [0.3, 0.4) is 0 Å². The molecule has 0 aliphatic carbocycles. The molecule has 0 saturated carbocycles. The molecule has 1 aromatic heterocycles. The van der Waals surface area contributed by atoms with Gasteiger partial charge in [0.15, 0.2) is 10.8 Å². The number of nitrogens with two attached hydrogens (primary N) is 1. The van der Waals surface area contributed by atoms with Gasteiger partial charge in [0.25, 0.3) is 11.8 Å². The van der Waals surface area contributed by atoms with Crippen molar-refractivity contribution in [3.8, 4) is 12.3 Å². The summed E-state index contributed by atoms with van der Waals surface area (Å²) >= 11 is 3.57. The summed E-state index contributed by atoms with van der Waals surface area (Å²) in [5.74, 6) is -2.31. The van der Waals surface area contributed by atoms with Gasteiger partial charge in [0, 0.05) is 28.2 Å². The van der Waals surface area contributed by atoms with Gasteiger partial charge in [-0.15, -0.1) is 41.3 Å². The fourth-order valence-electron chi connectivity index (χ4n) is 3.20. The van der Waals surface area contributed by atoms with Crippen molar-refractivity contribution in [1.29, 1.82) is 0 Å². The summed E-state index contributed by atoms with van der Waals surface area (Å²) in [7, 11) is 0. The molecule has 2 aliphatic heterocycles. The number of ether oxygens (including phenoxy) is 2. The lowest BCUT2D eigenvalue weighted by atomic mass is 9.98. The van der Waals surface area contributed by atoms with Crippen LogP contribution in [0.15, 0.2) is 33.3 Å². The number of nitrogens with one attached hydrogen (secondary N) is 1. The number of carboxylic acids is 2. The number of esters is 2. The van der Waals surface area contributed by atoms with Crippen molar-refractivity contribution in [2.75, 3.05) is 24.0 Å². The van der Waals surface area contributed by atoms with Crippen molar-refractivity contribution in [3.63, 3.8) is 0 Å². The van der Waals surface area contributed by atoms with Crippen molar-refractivity contribution in [2.45, 2.75) is 32.2 Å². The van der Waals surface area contributed by atoms with E-state index in [0.29, 0.717) is 22.8 Å². The highest BCUT2D eigenvalue weighted by atomic mass is 32.2. The van der Waals surface area contributed by atoms with Gasteiger partial charge in [0.1, 0.15) is 22.8 Å². The Kier molecular flexibility index (Phi) is 12.8. The van der Waals surface area contributed by atoms with E-state index in [1.165, 1.54) is 33.8 Å². The third-order valence-corrected chi connectivity index (χ3v) is 8.32. The number of terminal acetylenes is 1. The molecule has 16 nitrogen and oxygen atoms in total. The number of carbonyl (C=O) groups excluding carboxylic acids is 4. The van der Waals surface area contributed by atoms with E-state index >= 15 is 0 Å². The van der Waals surface area contributed by atoms with Crippen LogP contribution in [0.4, 0.5) is 5.13 Å². The Morgan fingerprint density at radius 3 is 2.39 bits per heavy atom. The van der Waals surface area contributed by atoms with Crippen LogP contribution in [-0.2, 0) is 38.2 Å². The Labute approximate surface area is 262 Å². The van der Waals surface area contributed by atoms with Gasteiger partial charge in [-0.05, 0) is 20.8 Å². The number of carbonyl (C=O) groups is 6. The van der Waals surface area contributed by atoms with Crippen LogP contribution in [-0.4, -0.2) is 96.4 Å². The molecule has 44 heavy (non-hydrogen) atoms. The lowest BCUT2D eigenvalue weighted by Gasteiger charge is -2.49. The Balaban J connectivity index is 0.000000742. The summed E-state index contributed by atoms with van der Waals surface area (Å²) in [6, 6.07) is -1.00. The van der Waals surface area contributed by atoms with Gasteiger partial charge in [0.2, 0.25) is 6.79 Å². The summed E-state index contributed by atoms with van der Waals surface area (Å²) < 4.78 is 10.1. The number of rotatable bonds is 10. The van der Waals surface area contributed by atoms with E-state index in [2.05, 4.69) is 21.4 Å². The van der Waals surface area contributed by atoms with Crippen molar-refractivity contribution >= 4 is 81.4 Å². The van der Waals surface area contributed by atoms with Crippen molar-refractivity contribution in [2.24, 2.45) is 10.6 Å². The highest BCUT2D eigenvalue weighted by Gasteiger charge is 2.55. The zero-order valence-electron chi connectivity index (χ0n) is 23.3. The Hall–Kier alpha value is -4.54. The molecule has 2 atom stereocenters. The fourth-order valence-corrected chi connectivity index (χ4v) is 6.06. The average Bonchev–Trinajstić information content (AvgIpc) is 3.38. The number of carboxylic acid groups (broad SMARTS) is 2. The number of amides is 2. The maximum absolute atomic E-state index is 13.0. The molecule has 2 aliphatic rings. The highest BCUT2D eigenvalue weighted by Crippen LogP contribution is 2.43.